The summed E-state index contributed by atoms with van der Waals surface area (Å²) in [6.45, 7) is 6.25. The molecule has 2 nitrogen and oxygen atoms in total. The van der Waals surface area contributed by atoms with Gasteiger partial charge >= 0.3 is 0 Å². The molecule has 1 aliphatic heterocycles. The molecule has 1 heterocycles. The first-order valence-electron chi connectivity index (χ1n) is 7.53. The maximum absolute atomic E-state index is 12.5. The van der Waals surface area contributed by atoms with Crippen molar-refractivity contribution in [2.24, 2.45) is 0 Å². The number of Topliss-reactive ketones (excluding diaryl/α,β-unsaturated/α-hetero) is 1. The number of carbonyl (C=O) groups excluding carboxylic acids is 1. The van der Waals surface area contributed by atoms with Gasteiger partial charge in [-0.05, 0) is 39.8 Å². The third-order valence-corrected chi connectivity index (χ3v) is 4.15. The first-order chi connectivity index (χ1) is 9.18. The lowest BCUT2D eigenvalue weighted by Crippen LogP contribution is -2.40. The minimum absolute atomic E-state index is 0.0146. The lowest BCUT2D eigenvalue weighted by Gasteiger charge is -2.29. The highest BCUT2D eigenvalue weighted by atomic mass is 16.1. The second kappa shape index (κ2) is 6.85. The molecular weight excluding hydrogens is 234 g/mol. The molecule has 1 saturated heterocycles. The highest BCUT2D eigenvalue weighted by molar-refractivity contribution is 5.99. The van der Waals surface area contributed by atoms with Crippen molar-refractivity contribution in [3.8, 4) is 0 Å². The van der Waals surface area contributed by atoms with Gasteiger partial charge in [-0.1, -0.05) is 49.1 Å². The predicted octanol–water partition coefficient (Wildman–Crippen LogP) is 3.83. The fraction of sp³-hybridized carbons (Fsp3) is 0.588. The van der Waals surface area contributed by atoms with E-state index in [4.69, 9.17) is 0 Å². The molecule has 1 aliphatic rings. The number of nitrogens with zero attached hydrogens (tertiary/aromatic N) is 1. The van der Waals surface area contributed by atoms with Gasteiger partial charge in [-0.15, -0.1) is 0 Å². The van der Waals surface area contributed by atoms with E-state index in [9.17, 15) is 4.79 Å². The SMILES string of the molecule is Cc1ccc(C(=O)C(C)N2CCCCCCC2)cc1. The normalized spacial score (nSPS) is 19.5. The van der Waals surface area contributed by atoms with Gasteiger partial charge in [-0.25, -0.2) is 0 Å². The Bertz CT molecular complexity index is 402. The van der Waals surface area contributed by atoms with E-state index >= 15 is 0 Å². The summed E-state index contributed by atoms with van der Waals surface area (Å²) in [5, 5.41) is 0. The van der Waals surface area contributed by atoms with Crippen LogP contribution in [0.3, 0.4) is 0 Å². The van der Waals surface area contributed by atoms with Crippen molar-refractivity contribution in [2.75, 3.05) is 13.1 Å². The van der Waals surface area contributed by atoms with Crippen LogP contribution >= 0.6 is 0 Å². The Morgan fingerprint density at radius 3 is 2.11 bits per heavy atom. The first-order valence-corrected chi connectivity index (χ1v) is 7.53. The third kappa shape index (κ3) is 3.90. The molecule has 0 bridgehead atoms. The van der Waals surface area contributed by atoms with E-state index in [1.165, 1.54) is 37.7 Å². The standard InChI is InChI=1S/C17H25NO/c1-14-8-10-16(11-9-14)17(19)15(2)18-12-6-4-3-5-7-13-18/h8-11,15H,3-7,12-13H2,1-2H3. The largest absolute Gasteiger partial charge is 0.294 e. The van der Waals surface area contributed by atoms with Crippen LogP contribution in [0.2, 0.25) is 0 Å². The minimum Gasteiger partial charge on any atom is -0.294 e. The zero-order valence-corrected chi connectivity index (χ0v) is 12.2. The number of benzene rings is 1. The topological polar surface area (TPSA) is 20.3 Å². The van der Waals surface area contributed by atoms with E-state index in [1.54, 1.807) is 0 Å². The van der Waals surface area contributed by atoms with Crippen LogP contribution in [-0.2, 0) is 0 Å². The minimum atomic E-state index is 0.0146. The summed E-state index contributed by atoms with van der Waals surface area (Å²) in [7, 11) is 0. The fourth-order valence-electron chi connectivity index (χ4n) is 2.78. The molecule has 0 aliphatic carbocycles. The highest BCUT2D eigenvalue weighted by Crippen LogP contribution is 2.16. The van der Waals surface area contributed by atoms with Crippen molar-refractivity contribution in [3.63, 3.8) is 0 Å². The van der Waals surface area contributed by atoms with Gasteiger partial charge in [0.15, 0.2) is 5.78 Å². The lowest BCUT2D eigenvalue weighted by atomic mass is 10.0. The molecule has 0 aromatic heterocycles. The van der Waals surface area contributed by atoms with E-state index in [2.05, 4.69) is 18.7 Å². The molecule has 104 valence electrons. The van der Waals surface area contributed by atoms with Crippen molar-refractivity contribution < 1.29 is 4.79 Å². The van der Waals surface area contributed by atoms with Gasteiger partial charge in [-0.3, -0.25) is 9.69 Å². The maximum Gasteiger partial charge on any atom is 0.179 e. The van der Waals surface area contributed by atoms with Gasteiger partial charge in [0.2, 0.25) is 0 Å². The summed E-state index contributed by atoms with van der Waals surface area (Å²) >= 11 is 0. The van der Waals surface area contributed by atoms with Crippen molar-refractivity contribution >= 4 is 5.78 Å². The summed E-state index contributed by atoms with van der Waals surface area (Å²) < 4.78 is 0. The molecule has 0 spiro atoms. The number of hydrogen-bond acceptors (Lipinski definition) is 2. The average Bonchev–Trinajstić information content (AvgIpc) is 2.38. The Balaban J connectivity index is 2.02. The Kier molecular flexibility index (Phi) is 5.15. The lowest BCUT2D eigenvalue weighted by molar-refractivity contribution is 0.0826. The van der Waals surface area contributed by atoms with Crippen molar-refractivity contribution in [1.82, 2.24) is 4.90 Å². The Labute approximate surface area is 116 Å². The van der Waals surface area contributed by atoms with E-state index in [1.807, 2.05) is 24.3 Å². The number of aryl methyl sites for hydroxylation is 1. The number of rotatable bonds is 3. The number of hydrogen-bond donors (Lipinski definition) is 0. The summed E-state index contributed by atoms with van der Waals surface area (Å²) in [4.78, 5) is 14.9. The van der Waals surface area contributed by atoms with Crippen LogP contribution in [0.25, 0.3) is 0 Å². The monoisotopic (exact) mass is 259 g/mol. The summed E-state index contributed by atoms with van der Waals surface area (Å²) in [6, 6.07) is 7.97. The first kappa shape index (κ1) is 14.3. The Hall–Kier alpha value is -1.15. The van der Waals surface area contributed by atoms with Crippen molar-refractivity contribution in [2.45, 2.75) is 52.0 Å². The van der Waals surface area contributed by atoms with Gasteiger partial charge in [0, 0.05) is 5.56 Å². The second-order valence-corrected chi connectivity index (χ2v) is 5.71. The zero-order valence-electron chi connectivity index (χ0n) is 12.2. The number of likely N-dealkylation sites (tertiary alicyclic amines) is 1. The quantitative estimate of drug-likeness (QED) is 0.769. The molecule has 0 amide bonds. The molecule has 2 rings (SSSR count). The fourth-order valence-corrected chi connectivity index (χ4v) is 2.78. The average molecular weight is 259 g/mol. The van der Waals surface area contributed by atoms with Gasteiger partial charge in [0.25, 0.3) is 0 Å². The van der Waals surface area contributed by atoms with E-state index in [0.29, 0.717) is 0 Å². The Morgan fingerprint density at radius 1 is 1.00 bits per heavy atom. The van der Waals surface area contributed by atoms with Crippen LogP contribution in [0.15, 0.2) is 24.3 Å². The molecule has 0 N–H and O–H groups in total. The molecule has 2 heteroatoms. The van der Waals surface area contributed by atoms with E-state index in [0.717, 1.165) is 18.7 Å². The second-order valence-electron chi connectivity index (χ2n) is 5.71. The molecule has 1 aromatic rings. The molecule has 1 fully saturated rings. The molecule has 19 heavy (non-hydrogen) atoms. The van der Waals surface area contributed by atoms with Crippen molar-refractivity contribution in [1.29, 1.82) is 0 Å². The van der Waals surface area contributed by atoms with Crippen LogP contribution in [-0.4, -0.2) is 29.8 Å². The predicted molar refractivity (Wildman–Crippen MR) is 79.6 cm³/mol. The molecule has 0 saturated carbocycles. The van der Waals surface area contributed by atoms with Gasteiger partial charge < -0.3 is 0 Å². The van der Waals surface area contributed by atoms with E-state index < -0.39 is 0 Å². The molecule has 1 unspecified atom stereocenters. The number of ketones is 1. The van der Waals surface area contributed by atoms with Gasteiger partial charge in [0.1, 0.15) is 0 Å². The highest BCUT2D eigenvalue weighted by Gasteiger charge is 2.22. The maximum atomic E-state index is 12.5. The van der Waals surface area contributed by atoms with E-state index in [-0.39, 0.29) is 11.8 Å². The van der Waals surface area contributed by atoms with Gasteiger partial charge in [0.05, 0.1) is 6.04 Å². The summed E-state index contributed by atoms with van der Waals surface area (Å²) in [5.41, 5.74) is 2.05. The zero-order chi connectivity index (χ0) is 13.7. The van der Waals surface area contributed by atoms with Crippen LogP contribution in [0.5, 0.6) is 0 Å². The molecule has 1 aromatic carbocycles. The van der Waals surface area contributed by atoms with Crippen molar-refractivity contribution in [3.05, 3.63) is 35.4 Å². The van der Waals surface area contributed by atoms with Crippen LogP contribution in [0, 0.1) is 6.92 Å². The Morgan fingerprint density at radius 2 is 1.53 bits per heavy atom. The van der Waals surface area contributed by atoms with Gasteiger partial charge in [-0.2, -0.15) is 0 Å². The summed E-state index contributed by atoms with van der Waals surface area (Å²) in [6.07, 6.45) is 6.43. The van der Waals surface area contributed by atoms with Crippen LogP contribution < -0.4 is 0 Å². The third-order valence-electron chi connectivity index (χ3n) is 4.15. The smallest absolute Gasteiger partial charge is 0.179 e. The molecule has 0 radical (unpaired) electrons. The summed E-state index contributed by atoms with van der Waals surface area (Å²) in [5.74, 6) is 0.264. The molecule has 1 atom stereocenters. The number of carbonyl (C=O) groups is 1. The van der Waals surface area contributed by atoms with Crippen LogP contribution in [0.1, 0.15) is 54.9 Å². The molecular formula is C17H25NO. The van der Waals surface area contributed by atoms with Crippen LogP contribution in [0.4, 0.5) is 0 Å².